The third-order valence-corrected chi connectivity index (χ3v) is 4.02. The van der Waals surface area contributed by atoms with Gasteiger partial charge in [-0.2, -0.15) is 0 Å². The van der Waals surface area contributed by atoms with Crippen LogP contribution in [0.5, 0.6) is 0 Å². The summed E-state index contributed by atoms with van der Waals surface area (Å²) in [4.78, 5) is 0. The van der Waals surface area contributed by atoms with E-state index in [9.17, 15) is 0 Å². The van der Waals surface area contributed by atoms with Crippen LogP contribution < -0.4 is 17.2 Å². The highest BCUT2D eigenvalue weighted by atomic mass is 127. The third kappa shape index (κ3) is 2.06. The standard InChI is InChI=1S/C11H18IN3/c1-5-7(12)10(15)9(14)6(8(5)13)11(2,3)4/h13-15H2,1-4H3/p+1. The lowest BCUT2D eigenvalue weighted by Crippen LogP contribution is -2.44. The van der Waals surface area contributed by atoms with Gasteiger partial charge < -0.3 is 17.2 Å². The van der Waals surface area contributed by atoms with Crippen molar-refractivity contribution in [2.45, 2.75) is 33.1 Å². The van der Waals surface area contributed by atoms with Gasteiger partial charge in [0.2, 0.25) is 0 Å². The summed E-state index contributed by atoms with van der Waals surface area (Å²) in [7, 11) is 0. The smallest absolute Gasteiger partial charge is 0.137 e. The van der Waals surface area contributed by atoms with Crippen molar-refractivity contribution < 1.29 is 5.73 Å². The van der Waals surface area contributed by atoms with E-state index in [1.807, 2.05) is 6.92 Å². The van der Waals surface area contributed by atoms with Gasteiger partial charge in [0.05, 0.1) is 11.4 Å². The molecule has 0 aliphatic heterocycles. The summed E-state index contributed by atoms with van der Waals surface area (Å²) in [5, 5.41) is 0. The minimum atomic E-state index is -0.0234. The molecule has 15 heavy (non-hydrogen) atoms. The molecule has 0 saturated heterocycles. The maximum atomic E-state index is 6.07. The molecule has 0 saturated carbocycles. The fraction of sp³-hybridized carbons (Fsp3) is 0.455. The molecule has 0 atom stereocenters. The minimum absolute atomic E-state index is 0.0234. The fourth-order valence-corrected chi connectivity index (χ4v) is 2.41. The number of benzene rings is 1. The van der Waals surface area contributed by atoms with Gasteiger partial charge in [0, 0.05) is 14.7 Å². The number of anilines is 2. The van der Waals surface area contributed by atoms with Crippen LogP contribution in [-0.4, -0.2) is 0 Å². The van der Waals surface area contributed by atoms with Crippen LogP contribution >= 0.6 is 22.6 Å². The van der Waals surface area contributed by atoms with Crippen LogP contribution in [-0.2, 0) is 5.41 Å². The first-order valence-electron chi connectivity index (χ1n) is 4.87. The van der Waals surface area contributed by atoms with Crippen LogP contribution in [0.3, 0.4) is 0 Å². The Morgan fingerprint density at radius 3 is 2.00 bits per heavy atom. The van der Waals surface area contributed by atoms with Crippen molar-refractivity contribution in [3.8, 4) is 0 Å². The van der Waals surface area contributed by atoms with Gasteiger partial charge in [-0.1, -0.05) is 20.8 Å². The topological polar surface area (TPSA) is 79.7 Å². The van der Waals surface area contributed by atoms with Gasteiger partial charge in [-0.05, 0) is 34.9 Å². The van der Waals surface area contributed by atoms with E-state index in [2.05, 4.69) is 49.1 Å². The molecule has 0 aliphatic rings. The quantitative estimate of drug-likeness (QED) is 0.504. The Hall–Kier alpha value is -0.490. The second kappa shape index (κ2) is 3.83. The van der Waals surface area contributed by atoms with E-state index in [-0.39, 0.29) is 5.41 Å². The second-order valence-corrected chi connectivity index (χ2v) is 5.95. The van der Waals surface area contributed by atoms with Gasteiger partial charge in [0.15, 0.2) is 0 Å². The van der Waals surface area contributed by atoms with E-state index in [0.717, 1.165) is 20.4 Å². The molecule has 0 fully saturated rings. The normalized spacial score (nSPS) is 11.9. The molecule has 0 aromatic heterocycles. The highest BCUT2D eigenvalue weighted by Gasteiger charge is 2.26. The monoisotopic (exact) mass is 320 g/mol. The van der Waals surface area contributed by atoms with Gasteiger partial charge in [0.1, 0.15) is 5.69 Å². The molecule has 0 spiro atoms. The van der Waals surface area contributed by atoms with Crippen LogP contribution in [0.1, 0.15) is 31.9 Å². The SMILES string of the molecule is Cc1c([NH3+])c(C(C)(C)C)c(N)c(N)c1I. The predicted molar refractivity (Wildman–Crippen MR) is 74.0 cm³/mol. The van der Waals surface area contributed by atoms with Gasteiger partial charge in [-0.25, -0.2) is 0 Å². The van der Waals surface area contributed by atoms with E-state index in [4.69, 9.17) is 11.5 Å². The van der Waals surface area contributed by atoms with E-state index in [0.29, 0.717) is 11.4 Å². The lowest BCUT2D eigenvalue weighted by molar-refractivity contribution is -0.257. The number of nitrogen functional groups attached to an aromatic ring is 2. The lowest BCUT2D eigenvalue weighted by Gasteiger charge is -2.24. The number of hydrogen-bond donors (Lipinski definition) is 3. The molecule has 1 rings (SSSR count). The van der Waals surface area contributed by atoms with Crippen LogP contribution in [0.15, 0.2) is 0 Å². The third-order valence-electron chi connectivity index (χ3n) is 2.63. The molecule has 0 amide bonds. The zero-order chi connectivity index (χ0) is 12.0. The highest BCUT2D eigenvalue weighted by molar-refractivity contribution is 14.1. The average molecular weight is 320 g/mol. The molecule has 0 bridgehead atoms. The van der Waals surface area contributed by atoms with Crippen molar-refractivity contribution in [3.05, 3.63) is 14.7 Å². The van der Waals surface area contributed by atoms with Crippen molar-refractivity contribution >= 4 is 39.7 Å². The first-order valence-corrected chi connectivity index (χ1v) is 5.95. The Labute approximate surface area is 105 Å². The van der Waals surface area contributed by atoms with E-state index in [1.54, 1.807) is 0 Å². The first kappa shape index (κ1) is 12.6. The van der Waals surface area contributed by atoms with Crippen LogP contribution in [0.4, 0.5) is 17.1 Å². The van der Waals surface area contributed by atoms with Gasteiger partial charge in [-0.3, -0.25) is 0 Å². The second-order valence-electron chi connectivity index (χ2n) is 4.87. The summed E-state index contributed by atoms with van der Waals surface area (Å²) in [5.41, 5.74) is 20.7. The van der Waals surface area contributed by atoms with Crippen molar-refractivity contribution in [2.75, 3.05) is 11.5 Å². The van der Waals surface area contributed by atoms with E-state index < -0.39 is 0 Å². The summed E-state index contributed by atoms with van der Waals surface area (Å²) in [6, 6.07) is 0. The molecule has 7 N–H and O–H groups in total. The molecule has 0 aliphatic carbocycles. The lowest BCUT2D eigenvalue weighted by atomic mass is 9.83. The molecule has 0 unspecified atom stereocenters. The van der Waals surface area contributed by atoms with Crippen LogP contribution in [0.25, 0.3) is 0 Å². The van der Waals surface area contributed by atoms with E-state index in [1.165, 1.54) is 0 Å². The molecule has 4 heteroatoms. The summed E-state index contributed by atoms with van der Waals surface area (Å²) in [5.74, 6) is 0. The summed E-state index contributed by atoms with van der Waals surface area (Å²) in [6.07, 6.45) is 0. The van der Waals surface area contributed by atoms with Crippen molar-refractivity contribution in [1.29, 1.82) is 0 Å². The summed E-state index contributed by atoms with van der Waals surface area (Å²) < 4.78 is 1.02. The summed E-state index contributed by atoms with van der Waals surface area (Å²) >= 11 is 2.22. The zero-order valence-corrected chi connectivity index (χ0v) is 11.9. The number of hydrogen-bond acceptors (Lipinski definition) is 2. The molecule has 1 aromatic rings. The van der Waals surface area contributed by atoms with Crippen LogP contribution in [0.2, 0.25) is 0 Å². The average Bonchev–Trinajstić information content (AvgIpc) is 2.09. The van der Waals surface area contributed by atoms with Crippen molar-refractivity contribution in [1.82, 2.24) is 0 Å². The van der Waals surface area contributed by atoms with Gasteiger partial charge in [-0.15, -0.1) is 0 Å². The molecular weight excluding hydrogens is 301 g/mol. The molecule has 0 heterocycles. The highest BCUT2D eigenvalue weighted by Crippen LogP contribution is 2.40. The Balaban J connectivity index is 3.68. The van der Waals surface area contributed by atoms with Crippen molar-refractivity contribution in [2.24, 2.45) is 0 Å². The number of halogens is 1. The number of nitrogens with two attached hydrogens (primary N) is 2. The maximum absolute atomic E-state index is 6.07. The maximum Gasteiger partial charge on any atom is 0.137 e. The molecular formula is C11H19IN3+. The summed E-state index contributed by atoms with van der Waals surface area (Å²) in [6.45, 7) is 8.41. The van der Waals surface area contributed by atoms with E-state index >= 15 is 0 Å². The Morgan fingerprint density at radius 2 is 1.60 bits per heavy atom. The number of quaternary nitrogens is 1. The first-order chi connectivity index (χ1) is 6.68. The van der Waals surface area contributed by atoms with Crippen molar-refractivity contribution in [3.63, 3.8) is 0 Å². The molecule has 3 nitrogen and oxygen atoms in total. The van der Waals surface area contributed by atoms with Crippen LogP contribution in [0, 0.1) is 10.5 Å². The fourth-order valence-electron chi connectivity index (χ4n) is 1.79. The minimum Gasteiger partial charge on any atom is -0.397 e. The zero-order valence-electron chi connectivity index (χ0n) is 9.74. The van der Waals surface area contributed by atoms with Gasteiger partial charge >= 0.3 is 0 Å². The van der Waals surface area contributed by atoms with Gasteiger partial charge in [0.25, 0.3) is 0 Å². The predicted octanol–water partition coefficient (Wildman–Crippen LogP) is 1.93. The molecule has 84 valence electrons. The Bertz CT molecular complexity index is 376. The molecule has 0 radical (unpaired) electrons. The number of rotatable bonds is 0. The Kier molecular flexibility index (Phi) is 3.21. The molecule has 1 aromatic carbocycles. The largest absolute Gasteiger partial charge is 0.397 e. The Morgan fingerprint density at radius 1 is 1.13 bits per heavy atom.